The first-order valence-electron chi connectivity index (χ1n) is 6.14. The Morgan fingerprint density at radius 1 is 1.24 bits per heavy atom. The molecule has 0 radical (unpaired) electrons. The standard InChI is InChI=1S/C14H19BrO2/c1-10-7-13(8-11(2)14(10)15)17-9-12-3-5-16-6-4-12/h7-8,12H,3-6,9H2,1-2H3. The van der Waals surface area contributed by atoms with Crippen LogP contribution in [0.25, 0.3) is 0 Å². The van der Waals surface area contributed by atoms with Gasteiger partial charge in [0.05, 0.1) is 6.61 Å². The molecule has 0 N–H and O–H groups in total. The van der Waals surface area contributed by atoms with Gasteiger partial charge in [-0.15, -0.1) is 0 Å². The van der Waals surface area contributed by atoms with Crippen molar-refractivity contribution in [3.8, 4) is 5.75 Å². The molecule has 0 saturated carbocycles. The lowest BCUT2D eigenvalue weighted by Crippen LogP contribution is -2.21. The quantitative estimate of drug-likeness (QED) is 0.843. The fourth-order valence-electron chi connectivity index (χ4n) is 2.12. The number of rotatable bonds is 3. The van der Waals surface area contributed by atoms with E-state index < -0.39 is 0 Å². The highest BCUT2D eigenvalue weighted by atomic mass is 79.9. The van der Waals surface area contributed by atoms with E-state index in [4.69, 9.17) is 9.47 Å². The lowest BCUT2D eigenvalue weighted by Gasteiger charge is -2.22. The summed E-state index contributed by atoms with van der Waals surface area (Å²) in [6.07, 6.45) is 2.24. The highest BCUT2D eigenvalue weighted by molar-refractivity contribution is 9.10. The third kappa shape index (κ3) is 3.46. The number of halogens is 1. The van der Waals surface area contributed by atoms with Gasteiger partial charge < -0.3 is 9.47 Å². The summed E-state index contributed by atoms with van der Waals surface area (Å²) in [5.74, 6) is 1.63. The van der Waals surface area contributed by atoms with Crippen LogP contribution in [0.15, 0.2) is 16.6 Å². The van der Waals surface area contributed by atoms with Crippen molar-refractivity contribution in [3.63, 3.8) is 0 Å². The number of benzene rings is 1. The summed E-state index contributed by atoms with van der Waals surface area (Å²) in [5, 5.41) is 0. The summed E-state index contributed by atoms with van der Waals surface area (Å²) >= 11 is 3.57. The Hall–Kier alpha value is -0.540. The van der Waals surface area contributed by atoms with Crippen molar-refractivity contribution in [2.75, 3.05) is 19.8 Å². The van der Waals surface area contributed by atoms with E-state index in [2.05, 4.69) is 41.9 Å². The summed E-state index contributed by atoms with van der Waals surface area (Å²) in [4.78, 5) is 0. The highest BCUT2D eigenvalue weighted by Gasteiger charge is 2.14. The molecule has 0 atom stereocenters. The minimum Gasteiger partial charge on any atom is -0.493 e. The molecule has 94 valence electrons. The molecule has 1 saturated heterocycles. The Balaban J connectivity index is 1.94. The van der Waals surface area contributed by atoms with Crippen LogP contribution in [0.4, 0.5) is 0 Å². The molecule has 2 rings (SSSR count). The van der Waals surface area contributed by atoms with Crippen LogP contribution in [0.1, 0.15) is 24.0 Å². The van der Waals surface area contributed by atoms with E-state index in [-0.39, 0.29) is 0 Å². The molecule has 1 aromatic rings. The van der Waals surface area contributed by atoms with E-state index in [1.54, 1.807) is 0 Å². The molecule has 1 aliphatic rings. The first kappa shape index (κ1) is 12.9. The van der Waals surface area contributed by atoms with Gasteiger partial charge in [0.15, 0.2) is 0 Å². The average Bonchev–Trinajstić information content (AvgIpc) is 2.34. The summed E-state index contributed by atoms with van der Waals surface area (Å²) in [7, 11) is 0. The molecule has 3 heteroatoms. The predicted octanol–water partition coefficient (Wildman–Crippen LogP) is 3.87. The van der Waals surface area contributed by atoms with Crippen molar-refractivity contribution in [1.29, 1.82) is 0 Å². The fourth-order valence-corrected chi connectivity index (χ4v) is 2.35. The average molecular weight is 299 g/mol. The van der Waals surface area contributed by atoms with Crippen molar-refractivity contribution in [1.82, 2.24) is 0 Å². The smallest absolute Gasteiger partial charge is 0.119 e. The SMILES string of the molecule is Cc1cc(OCC2CCOCC2)cc(C)c1Br. The van der Waals surface area contributed by atoms with Crippen molar-refractivity contribution in [2.45, 2.75) is 26.7 Å². The molecule has 17 heavy (non-hydrogen) atoms. The van der Waals surface area contributed by atoms with Crippen LogP contribution in [0.5, 0.6) is 5.75 Å². The van der Waals surface area contributed by atoms with E-state index in [1.165, 1.54) is 15.6 Å². The van der Waals surface area contributed by atoms with E-state index in [0.717, 1.165) is 38.4 Å². The van der Waals surface area contributed by atoms with E-state index in [1.807, 2.05) is 0 Å². The van der Waals surface area contributed by atoms with Crippen LogP contribution in [-0.2, 0) is 4.74 Å². The van der Waals surface area contributed by atoms with Gasteiger partial charge in [-0.2, -0.15) is 0 Å². The van der Waals surface area contributed by atoms with Crippen molar-refractivity contribution < 1.29 is 9.47 Å². The van der Waals surface area contributed by atoms with Crippen molar-refractivity contribution in [2.24, 2.45) is 5.92 Å². The Morgan fingerprint density at radius 3 is 2.41 bits per heavy atom. The van der Waals surface area contributed by atoms with Gasteiger partial charge in [0.25, 0.3) is 0 Å². The fraction of sp³-hybridized carbons (Fsp3) is 0.571. The second-order valence-corrected chi connectivity index (χ2v) is 5.53. The van der Waals surface area contributed by atoms with Crippen LogP contribution in [0.2, 0.25) is 0 Å². The normalized spacial score (nSPS) is 17.1. The van der Waals surface area contributed by atoms with E-state index in [9.17, 15) is 0 Å². The van der Waals surface area contributed by atoms with Crippen LogP contribution in [0, 0.1) is 19.8 Å². The number of hydrogen-bond acceptors (Lipinski definition) is 2. The first-order chi connectivity index (χ1) is 8.16. The number of aryl methyl sites for hydroxylation is 2. The van der Waals surface area contributed by atoms with Gasteiger partial charge in [0, 0.05) is 17.7 Å². The molecule has 0 bridgehead atoms. The van der Waals surface area contributed by atoms with Gasteiger partial charge in [-0.1, -0.05) is 15.9 Å². The molecule has 1 aromatic carbocycles. The summed E-state index contributed by atoms with van der Waals surface area (Å²) in [5.41, 5.74) is 2.46. The third-order valence-corrected chi connectivity index (χ3v) is 4.49. The van der Waals surface area contributed by atoms with Crippen LogP contribution < -0.4 is 4.74 Å². The maximum absolute atomic E-state index is 5.89. The summed E-state index contributed by atoms with van der Waals surface area (Å²) in [6, 6.07) is 4.19. The topological polar surface area (TPSA) is 18.5 Å². The third-order valence-electron chi connectivity index (χ3n) is 3.24. The lowest BCUT2D eigenvalue weighted by molar-refractivity contribution is 0.0497. The number of ether oxygens (including phenoxy) is 2. The van der Waals surface area contributed by atoms with Crippen molar-refractivity contribution in [3.05, 3.63) is 27.7 Å². The molecular formula is C14H19BrO2. The van der Waals surface area contributed by atoms with Crippen molar-refractivity contribution >= 4 is 15.9 Å². The minimum atomic E-state index is 0.646. The number of hydrogen-bond donors (Lipinski definition) is 0. The molecular weight excluding hydrogens is 280 g/mol. The van der Waals surface area contributed by atoms with Crippen LogP contribution >= 0.6 is 15.9 Å². The Morgan fingerprint density at radius 2 is 1.82 bits per heavy atom. The lowest BCUT2D eigenvalue weighted by atomic mass is 10.0. The zero-order valence-corrected chi connectivity index (χ0v) is 12.0. The Labute approximate surface area is 111 Å². The highest BCUT2D eigenvalue weighted by Crippen LogP contribution is 2.27. The molecule has 0 aliphatic carbocycles. The van der Waals surface area contributed by atoms with Gasteiger partial charge in [-0.25, -0.2) is 0 Å². The molecule has 1 fully saturated rings. The minimum absolute atomic E-state index is 0.646. The van der Waals surface area contributed by atoms with Gasteiger partial charge in [0.1, 0.15) is 5.75 Å². The molecule has 0 aromatic heterocycles. The summed E-state index contributed by atoms with van der Waals surface area (Å²) in [6.45, 7) is 6.76. The van der Waals surface area contributed by atoms with E-state index >= 15 is 0 Å². The maximum atomic E-state index is 5.89. The molecule has 0 unspecified atom stereocenters. The molecule has 0 spiro atoms. The molecule has 0 amide bonds. The Kier molecular flexibility index (Phi) is 4.46. The Bertz CT molecular complexity index is 361. The van der Waals surface area contributed by atoms with Gasteiger partial charge in [-0.3, -0.25) is 0 Å². The van der Waals surface area contributed by atoms with Gasteiger partial charge >= 0.3 is 0 Å². The maximum Gasteiger partial charge on any atom is 0.119 e. The van der Waals surface area contributed by atoms with Crippen LogP contribution in [0.3, 0.4) is 0 Å². The molecule has 2 nitrogen and oxygen atoms in total. The first-order valence-corrected chi connectivity index (χ1v) is 6.93. The van der Waals surface area contributed by atoms with Gasteiger partial charge in [0.2, 0.25) is 0 Å². The zero-order valence-electron chi connectivity index (χ0n) is 10.5. The van der Waals surface area contributed by atoms with E-state index in [0.29, 0.717) is 5.92 Å². The largest absolute Gasteiger partial charge is 0.493 e. The molecule has 1 heterocycles. The zero-order chi connectivity index (χ0) is 12.3. The second kappa shape index (κ2) is 5.87. The predicted molar refractivity (Wildman–Crippen MR) is 72.7 cm³/mol. The van der Waals surface area contributed by atoms with Crippen LogP contribution in [-0.4, -0.2) is 19.8 Å². The summed E-state index contributed by atoms with van der Waals surface area (Å²) < 4.78 is 12.4. The van der Waals surface area contributed by atoms with Gasteiger partial charge in [-0.05, 0) is 55.9 Å². The molecule has 1 aliphatic heterocycles. The monoisotopic (exact) mass is 298 g/mol. The second-order valence-electron chi connectivity index (χ2n) is 4.74.